The van der Waals surface area contributed by atoms with Crippen molar-refractivity contribution < 1.29 is 14.3 Å². The van der Waals surface area contributed by atoms with Crippen molar-refractivity contribution >= 4 is 23.5 Å². The van der Waals surface area contributed by atoms with E-state index in [2.05, 4.69) is 0 Å². The molecule has 0 aliphatic carbocycles. The highest BCUT2D eigenvalue weighted by molar-refractivity contribution is 6.30. The monoisotopic (exact) mass is 269 g/mol. The van der Waals surface area contributed by atoms with Gasteiger partial charge < -0.3 is 10.5 Å². The van der Waals surface area contributed by atoms with Crippen molar-refractivity contribution in [1.29, 1.82) is 0 Å². The summed E-state index contributed by atoms with van der Waals surface area (Å²) in [5, 5.41) is 0.633. The number of hydrogen-bond acceptors (Lipinski definition) is 3. The third kappa shape index (κ3) is 4.75. The number of benzene rings is 1. The van der Waals surface area contributed by atoms with E-state index in [4.69, 9.17) is 22.1 Å². The molecule has 0 fully saturated rings. The number of amides is 1. The highest BCUT2D eigenvalue weighted by Gasteiger charge is 2.15. The molecule has 0 saturated heterocycles. The van der Waals surface area contributed by atoms with E-state index < -0.39 is 11.9 Å². The van der Waals surface area contributed by atoms with Crippen LogP contribution in [0.3, 0.4) is 0 Å². The molecule has 18 heavy (non-hydrogen) atoms. The Balaban J connectivity index is 2.59. The Hall–Kier alpha value is -1.55. The lowest BCUT2D eigenvalue weighted by Gasteiger charge is -2.16. The highest BCUT2D eigenvalue weighted by atomic mass is 35.5. The first-order chi connectivity index (χ1) is 8.52. The molecule has 1 aromatic carbocycles. The van der Waals surface area contributed by atoms with Crippen LogP contribution in [0.1, 0.15) is 37.9 Å². The first-order valence-corrected chi connectivity index (χ1v) is 6.14. The summed E-state index contributed by atoms with van der Waals surface area (Å²) in [6.07, 6.45) is 0.363. The van der Waals surface area contributed by atoms with Crippen LogP contribution >= 0.6 is 11.6 Å². The standard InChI is InChI=1S/C13H16ClNO3/c1-2-11(9-3-5-10(14)6-4-9)18-13(17)8-7-12(15)16/h3-6,11H,2,7-8H2,1H3,(H2,15,16)/t11-/m1/s1. The predicted molar refractivity (Wildman–Crippen MR) is 69.0 cm³/mol. The number of esters is 1. The third-order valence-electron chi connectivity index (χ3n) is 2.46. The molecule has 0 bridgehead atoms. The molecule has 0 radical (unpaired) electrons. The van der Waals surface area contributed by atoms with Gasteiger partial charge in [0, 0.05) is 11.4 Å². The molecule has 2 N–H and O–H groups in total. The number of carbonyl (C=O) groups is 2. The Morgan fingerprint density at radius 2 is 1.89 bits per heavy atom. The summed E-state index contributed by atoms with van der Waals surface area (Å²) in [4.78, 5) is 22.1. The second-order valence-corrected chi connectivity index (χ2v) is 4.34. The maximum absolute atomic E-state index is 11.5. The second kappa shape index (κ2) is 7.01. The van der Waals surface area contributed by atoms with Crippen molar-refractivity contribution in [1.82, 2.24) is 0 Å². The summed E-state index contributed by atoms with van der Waals surface area (Å²) < 4.78 is 5.29. The fourth-order valence-corrected chi connectivity index (χ4v) is 1.63. The van der Waals surface area contributed by atoms with E-state index in [9.17, 15) is 9.59 Å². The largest absolute Gasteiger partial charge is 0.457 e. The van der Waals surface area contributed by atoms with Crippen LogP contribution in [0.5, 0.6) is 0 Å². The quantitative estimate of drug-likeness (QED) is 0.807. The highest BCUT2D eigenvalue weighted by Crippen LogP contribution is 2.23. The van der Waals surface area contributed by atoms with Crippen LogP contribution in [0, 0.1) is 0 Å². The number of ether oxygens (including phenoxy) is 1. The average Bonchev–Trinajstić information content (AvgIpc) is 2.34. The van der Waals surface area contributed by atoms with Crippen molar-refractivity contribution in [2.75, 3.05) is 0 Å². The van der Waals surface area contributed by atoms with Gasteiger partial charge in [0.15, 0.2) is 0 Å². The van der Waals surface area contributed by atoms with Gasteiger partial charge in [0.25, 0.3) is 0 Å². The molecule has 0 aliphatic rings. The van der Waals surface area contributed by atoms with Gasteiger partial charge in [0.1, 0.15) is 6.10 Å². The zero-order chi connectivity index (χ0) is 13.5. The fourth-order valence-electron chi connectivity index (χ4n) is 1.51. The molecule has 0 aliphatic heterocycles. The molecule has 1 rings (SSSR count). The normalized spacial score (nSPS) is 11.9. The van der Waals surface area contributed by atoms with Gasteiger partial charge in [-0.2, -0.15) is 0 Å². The minimum absolute atomic E-state index is 0.00981. The van der Waals surface area contributed by atoms with Gasteiger partial charge in [-0.3, -0.25) is 9.59 Å². The van der Waals surface area contributed by atoms with Crippen LogP contribution in [0.25, 0.3) is 0 Å². The summed E-state index contributed by atoms with van der Waals surface area (Å²) >= 11 is 5.79. The van der Waals surface area contributed by atoms with Gasteiger partial charge in [-0.25, -0.2) is 0 Å². The molecule has 0 unspecified atom stereocenters. The van der Waals surface area contributed by atoms with Crippen molar-refractivity contribution in [3.8, 4) is 0 Å². The van der Waals surface area contributed by atoms with Gasteiger partial charge in [0.05, 0.1) is 6.42 Å². The minimum Gasteiger partial charge on any atom is -0.457 e. The van der Waals surface area contributed by atoms with Crippen molar-refractivity contribution in [3.63, 3.8) is 0 Å². The number of nitrogens with two attached hydrogens (primary N) is 1. The topological polar surface area (TPSA) is 69.4 Å². The smallest absolute Gasteiger partial charge is 0.306 e. The summed E-state index contributed by atoms with van der Waals surface area (Å²) in [5.41, 5.74) is 5.85. The molecule has 1 amide bonds. The maximum atomic E-state index is 11.5. The molecule has 0 heterocycles. The molecule has 0 aromatic heterocycles. The van der Waals surface area contributed by atoms with Crippen molar-refractivity contribution in [2.24, 2.45) is 5.73 Å². The van der Waals surface area contributed by atoms with E-state index in [1.54, 1.807) is 12.1 Å². The van der Waals surface area contributed by atoms with Gasteiger partial charge in [-0.15, -0.1) is 0 Å². The minimum atomic E-state index is -0.508. The summed E-state index contributed by atoms with van der Waals surface area (Å²) in [6.45, 7) is 1.92. The summed E-state index contributed by atoms with van der Waals surface area (Å²) in [6, 6.07) is 7.13. The van der Waals surface area contributed by atoms with E-state index in [0.29, 0.717) is 11.4 Å². The van der Waals surface area contributed by atoms with Gasteiger partial charge in [0.2, 0.25) is 5.91 Å². The van der Waals surface area contributed by atoms with Crippen LogP contribution in [0.4, 0.5) is 0 Å². The molecule has 0 spiro atoms. The van der Waals surface area contributed by atoms with E-state index in [0.717, 1.165) is 5.56 Å². The lowest BCUT2D eigenvalue weighted by Crippen LogP contribution is -2.16. The fraction of sp³-hybridized carbons (Fsp3) is 0.385. The van der Waals surface area contributed by atoms with E-state index >= 15 is 0 Å². The Morgan fingerprint density at radius 1 is 1.28 bits per heavy atom. The van der Waals surface area contributed by atoms with Gasteiger partial charge in [-0.1, -0.05) is 30.7 Å². The Bertz CT molecular complexity index is 417. The number of halogens is 1. The van der Waals surface area contributed by atoms with E-state index in [1.165, 1.54) is 0 Å². The van der Waals surface area contributed by atoms with Crippen molar-refractivity contribution in [2.45, 2.75) is 32.3 Å². The zero-order valence-electron chi connectivity index (χ0n) is 10.2. The number of hydrogen-bond donors (Lipinski definition) is 1. The number of carbonyl (C=O) groups excluding carboxylic acids is 2. The number of rotatable bonds is 6. The van der Waals surface area contributed by atoms with E-state index in [-0.39, 0.29) is 18.9 Å². The third-order valence-corrected chi connectivity index (χ3v) is 2.71. The molecule has 0 saturated carbocycles. The van der Waals surface area contributed by atoms with Gasteiger partial charge >= 0.3 is 5.97 Å². The average molecular weight is 270 g/mol. The zero-order valence-corrected chi connectivity index (χ0v) is 10.9. The second-order valence-electron chi connectivity index (χ2n) is 3.90. The maximum Gasteiger partial charge on any atom is 0.306 e. The molecular formula is C13H16ClNO3. The van der Waals surface area contributed by atoms with E-state index in [1.807, 2.05) is 19.1 Å². The Labute approximate surface area is 111 Å². The lowest BCUT2D eigenvalue weighted by molar-refractivity contribution is -0.150. The Morgan fingerprint density at radius 3 is 2.39 bits per heavy atom. The van der Waals surface area contributed by atoms with Crippen LogP contribution in [-0.2, 0) is 14.3 Å². The Kier molecular flexibility index (Phi) is 5.65. The first kappa shape index (κ1) is 14.5. The molecule has 1 atom stereocenters. The summed E-state index contributed by atoms with van der Waals surface area (Å²) in [5.74, 6) is -0.929. The molecule has 1 aromatic rings. The lowest BCUT2D eigenvalue weighted by atomic mass is 10.1. The molecular weight excluding hydrogens is 254 g/mol. The molecule has 4 nitrogen and oxygen atoms in total. The van der Waals surface area contributed by atoms with Crippen molar-refractivity contribution in [3.05, 3.63) is 34.9 Å². The van der Waals surface area contributed by atoms with Crippen LogP contribution in [0.15, 0.2) is 24.3 Å². The predicted octanol–water partition coefficient (Wildman–Crippen LogP) is 2.60. The summed E-state index contributed by atoms with van der Waals surface area (Å²) in [7, 11) is 0. The van der Waals surface area contributed by atoms with Crippen LogP contribution < -0.4 is 5.73 Å². The number of primary amides is 1. The molecule has 5 heteroatoms. The first-order valence-electron chi connectivity index (χ1n) is 5.76. The van der Waals surface area contributed by atoms with Crippen LogP contribution in [0.2, 0.25) is 5.02 Å². The van der Waals surface area contributed by atoms with Gasteiger partial charge in [-0.05, 0) is 24.1 Å². The van der Waals surface area contributed by atoms with Crippen LogP contribution in [-0.4, -0.2) is 11.9 Å². The SMILES string of the molecule is CC[C@@H](OC(=O)CCC(N)=O)c1ccc(Cl)cc1. The molecule has 98 valence electrons.